The van der Waals surface area contributed by atoms with Crippen molar-refractivity contribution in [3.63, 3.8) is 0 Å². The van der Waals surface area contributed by atoms with Crippen LogP contribution in [-0.2, 0) is 0 Å². The number of hydrazine groups is 1. The molecule has 0 bridgehead atoms. The average molecular weight is 473 g/mol. The van der Waals surface area contributed by atoms with Crippen LogP contribution in [0, 0.1) is 17.4 Å². The number of aryl methyl sites for hydroxylation is 2. The molecule has 0 unspecified atom stereocenters. The zero-order valence-electron chi connectivity index (χ0n) is 12.1. The van der Waals surface area contributed by atoms with Gasteiger partial charge in [-0.25, -0.2) is 10.9 Å². The standard InChI is InChI=1S/C16H14BrIN2O2/c1-9-6-7-11(8-13(9)18)15(21)20(19)16(22)14-10(2)4-3-5-12(14)17/h3-8H,19H2,1-2H3. The van der Waals surface area contributed by atoms with Crippen molar-refractivity contribution in [2.45, 2.75) is 13.8 Å². The van der Waals surface area contributed by atoms with Gasteiger partial charge in [0.1, 0.15) is 0 Å². The molecule has 22 heavy (non-hydrogen) atoms. The van der Waals surface area contributed by atoms with Crippen LogP contribution in [0.25, 0.3) is 0 Å². The molecule has 0 aromatic heterocycles. The van der Waals surface area contributed by atoms with Gasteiger partial charge in [-0.15, -0.1) is 0 Å². The van der Waals surface area contributed by atoms with Gasteiger partial charge < -0.3 is 0 Å². The summed E-state index contributed by atoms with van der Waals surface area (Å²) < 4.78 is 1.56. The summed E-state index contributed by atoms with van der Waals surface area (Å²) in [6.45, 7) is 3.75. The van der Waals surface area contributed by atoms with Crippen LogP contribution < -0.4 is 5.84 Å². The molecule has 0 heterocycles. The molecule has 0 fully saturated rings. The van der Waals surface area contributed by atoms with Crippen LogP contribution in [0.15, 0.2) is 40.9 Å². The number of carbonyl (C=O) groups excluding carboxylic acids is 2. The van der Waals surface area contributed by atoms with E-state index in [9.17, 15) is 9.59 Å². The van der Waals surface area contributed by atoms with Crippen molar-refractivity contribution < 1.29 is 9.59 Å². The van der Waals surface area contributed by atoms with Crippen molar-refractivity contribution in [2.24, 2.45) is 5.84 Å². The van der Waals surface area contributed by atoms with Gasteiger partial charge in [-0.3, -0.25) is 9.59 Å². The number of carbonyl (C=O) groups is 2. The summed E-state index contributed by atoms with van der Waals surface area (Å²) in [5, 5.41) is 0.661. The van der Waals surface area contributed by atoms with Crippen molar-refractivity contribution in [3.8, 4) is 0 Å². The fraction of sp³-hybridized carbons (Fsp3) is 0.125. The fourth-order valence-electron chi connectivity index (χ4n) is 1.98. The van der Waals surface area contributed by atoms with Gasteiger partial charge in [0.05, 0.1) is 5.56 Å². The molecule has 0 saturated carbocycles. The van der Waals surface area contributed by atoms with E-state index in [1.807, 2.05) is 19.1 Å². The van der Waals surface area contributed by atoms with Crippen molar-refractivity contribution in [3.05, 3.63) is 66.7 Å². The largest absolute Gasteiger partial charge is 0.276 e. The molecular formula is C16H14BrIN2O2. The Morgan fingerprint density at radius 2 is 1.77 bits per heavy atom. The van der Waals surface area contributed by atoms with Gasteiger partial charge >= 0.3 is 0 Å². The maximum absolute atomic E-state index is 12.5. The van der Waals surface area contributed by atoms with E-state index in [1.165, 1.54) is 0 Å². The SMILES string of the molecule is Cc1ccc(C(=O)N(N)C(=O)c2c(C)cccc2Br)cc1I. The van der Waals surface area contributed by atoms with Gasteiger partial charge in [0.25, 0.3) is 11.8 Å². The van der Waals surface area contributed by atoms with E-state index in [-0.39, 0.29) is 0 Å². The van der Waals surface area contributed by atoms with Crippen molar-refractivity contribution in [1.29, 1.82) is 0 Å². The number of benzene rings is 2. The minimum Gasteiger partial charge on any atom is -0.267 e. The Labute approximate surface area is 150 Å². The van der Waals surface area contributed by atoms with Crippen LogP contribution in [0.4, 0.5) is 0 Å². The summed E-state index contributed by atoms with van der Waals surface area (Å²) in [6.07, 6.45) is 0. The lowest BCUT2D eigenvalue weighted by Gasteiger charge is -2.17. The number of hydrogen-bond donors (Lipinski definition) is 1. The highest BCUT2D eigenvalue weighted by Crippen LogP contribution is 2.22. The number of halogens is 2. The Balaban J connectivity index is 2.34. The maximum atomic E-state index is 12.5. The van der Waals surface area contributed by atoms with Gasteiger partial charge in [0, 0.05) is 13.6 Å². The fourth-order valence-corrected chi connectivity index (χ4v) is 3.13. The predicted molar refractivity (Wildman–Crippen MR) is 97.5 cm³/mol. The van der Waals surface area contributed by atoms with E-state index < -0.39 is 11.8 Å². The maximum Gasteiger partial charge on any atom is 0.276 e. The molecule has 0 saturated heterocycles. The summed E-state index contributed by atoms with van der Waals surface area (Å²) in [5.41, 5.74) is 2.59. The first kappa shape index (κ1) is 17.1. The van der Waals surface area contributed by atoms with Crippen molar-refractivity contribution in [2.75, 3.05) is 0 Å². The third-order valence-corrected chi connectivity index (χ3v) is 5.12. The lowest BCUT2D eigenvalue weighted by Crippen LogP contribution is -2.43. The Kier molecular flexibility index (Phi) is 5.36. The second kappa shape index (κ2) is 6.89. The Morgan fingerprint density at radius 1 is 1.09 bits per heavy atom. The first-order valence-corrected chi connectivity index (χ1v) is 8.35. The van der Waals surface area contributed by atoms with E-state index in [4.69, 9.17) is 5.84 Å². The lowest BCUT2D eigenvalue weighted by atomic mass is 10.1. The lowest BCUT2D eigenvalue weighted by molar-refractivity contribution is 0.0614. The molecular weight excluding hydrogens is 459 g/mol. The van der Waals surface area contributed by atoms with Gasteiger partial charge in [0.15, 0.2) is 0 Å². The number of imide groups is 1. The summed E-state index contributed by atoms with van der Waals surface area (Å²) in [4.78, 5) is 24.9. The van der Waals surface area contributed by atoms with E-state index in [0.29, 0.717) is 20.6 Å². The Bertz CT molecular complexity index is 742. The number of hydrogen-bond acceptors (Lipinski definition) is 3. The van der Waals surface area contributed by atoms with Crippen LogP contribution >= 0.6 is 38.5 Å². The molecule has 0 aliphatic heterocycles. The average Bonchev–Trinajstić information content (AvgIpc) is 2.48. The Hall–Kier alpha value is -1.25. The minimum absolute atomic E-state index is 0.385. The third-order valence-electron chi connectivity index (χ3n) is 3.29. The quantitative estimate of drug-likeness (QED) is 0.237. The molecule has 0 aliphatic rings. The monoisotopic (exact) mass is 472 g/mol. The van der Waals surface area contributed by atoms with Crippen molar-refractivity contribution >= 4 is 50.3 Å². The molecule has 2 rings (SSSR count). The highest BCUT2D eigenvalue weighted by atomic mass is 127. The Morgan fingerprint density at radius 3 is 2.36 bits per heavy atom. The van der Waals surface area contributed by atoms with Gasteiger partial charge in [-0.1, -0.05) is 18.2 Å². The number of nitrogens with zero attached hydrogens (tertiary/aromatic N) is 1. The van der Waals surface area contributed by atoms with Gasteiger partial charge in [-0.05, 0) is 81.7 Å². The van der Waals surface area contributed by atoms with E-state index in [0.717, 1.165) is 14.7 Å². The van der Waals surface area contributed by atoms with Crippen molar-refractivity contribution in [1.82, 2.24) is 5.01 Å². The van der Waals surface area contributed by atoms with Crippen LogP contribution in [0.2, 0.25) is 0 Å². The van der Waals surface area contributed by atoms with Crippen LogP contribution in [0.1, 0.15) is 31.8 Å². The van der Waals surface area contributed by atoms with Crippen LogP contribution in [0.3, 0.4) is 0 Å². The molecule has 0 atom stereocenters. The topological polar surface area (TPSA) is 63.4 Å². The van der Waals surface area contributed by atoms with Crippen LogP contribution in [-0.4, -0.2) is 16.8 Å². The van der Waals surface area contributed by atoms with Crippen LogP contribution in [0.5, 0.6) is 0 Å². The smallest absolute Gasteiger partial charge is 0.267 e. The summed E-state index contributed by atoms with van der Waals surface area (Å²) >= 11 is 5.47. The third kappa shape index (κ3) is 3.39. The first-order valence-electron chi connectivity index (χ1n) is 6.47. The molecule has 2 aromatic carbocycles. The first-order chi connectivity index (χ1) is 10.3. The molecule has 4 nitrogen and oxygen atoms in total. The molecule has 0 aliphatic carbocycles. The van der Waals surface area contributed by atoms with Gasteiger partial charge in [-0.2, -0.15) is 0 Å². The van der Waals surface area contributed by atoms with Gasteiger partial charge in [0.2, 0.25) is 0 Å². The summed E-state index contributed by atoms with van der Waals surface area (Å²) in [6, 6.07) is 10.6. The van der Waals surface area contributed by atoms with E-state index in [1.54, 1.807) is 31.2 Å². The molecule has 2 aromatic rings. The zero-order valence-corrected chi connectivity index (χ0v) is 15.8. The summed E-state index contributed by atoms with van der Waals surface area (Å²) in [7, 11) is 0. The second-order valence-corrected chi connectivity index (χ2v) is 6.89. The number of nitrogens with two attached hydrogens (primary N) is 1. The van der Waals surface area contributed by atoms with E-state index >= 15 is 0 Å². The van der Waals surface area contributed by atoms with E-state index in [2.05, 4.69) is 38.5 Å². The minimum atomic E-state index is -0.537. The predicted octanol–water partition coefficient (Wildman–Crippen LogP) is 3.83. The molecule has 2 amide bonds. The molecule has 114 valence electrons. The number of rotatable bonds is 2. The normalized spacial score (nSPS) is 10.4. The molecule has 2 N–H and O–H groups in total. The molecule has 0 radical (unpaired) electrons. The second-order valence-electron chi connectivity index (χ2n) is 4.88. The zero-order chi connectivity index (χ0) is 16.4. The highest BCUT2D eigenvalue weighted by molar-refractivity contribution is 14.1. The highest BCUT2D eigenvalue weighted by Gasteiger charge is 2.24. The molecule has 6 heteroatoms. The number of amides is 2. The summed E-state index contributed by atoms with van der Waals surface area (Å²) in [5.74, 6) is 4.70. The molecule has 0 spiro atoms.